The molecule has 2 rings (SSSR count). The van der Waals surface area contributed by atoms with Gasteiger partial charge in [0.25, 0.3) is 0 Å². The van der Waals surface area contributed by atoms with Gasteiger partial charge in [-0.3, -0.25) is 4.90 Å². The minimum atomic E-state index is 0. The molecule has 0 N–H and O–H groups in total. The highest BCUT2D eigenvalue weighted by molar-refractivity contribution is 5.85. The van der Waals surface area contributed by atoms with Crippen molar-refractivity contribution in [2.75, 3.05) is 0 Å². The van der Waals surface area contributed by atoms with Crippen LogP contribution in [-0.4, -0.2) is 10.4 Å². The number of rotatable bonds is 38. The Bertz CT molecular complexity index is 889. The smallest absolute Gasteiger partial charge is 0.0242 e. The van der Waals surface area contributed by atoms with Crippen LogP contribution in [0.1, 0.15) is 244 Å². The molecule has 0 spiro atoms. The summed E-state index contributed by atoms with van der Waals surface area (Å²) in [5, 5.41) is 0. The molecule has 0 atom stereocenters. The number of hydrogen-bond acceptors (Lipinski definition) is 1. The van der Waals surface area contributed by atoms with E-state index in [2.05, 4.69) is 86.3 Å². The lowest BCUT2D eigenvalue weighted by molar-refractivity contribution is 0.0372. The molecule has 0 fully saturated rings. The second-order valence-electron chi connectivity index (χ2n) is 16.8. The van der Waals surface area contributed by atoms with Crippen LogP contribution in [0.25, 0.3) is 0 Å². The topological polar surface area (TPSA) is 3.24 Å². The maximum absolute atomic E-state index is 2.99. The predicted molar refractivity (Wildman–Crippen MR) is 241 cm³/mol. The van der Waals surface area contributed by atoms with Crippen molar-refractivity contribution in [1.29, 1.82) is 0 Å². The zero-order chi connectivity index (χ0) is 37.1. The van der Waals surface area contributed by atoms with Gasteiger partial charge in [0.2, 0.25) is 0 Å². The van der Waals surface area contributed by atoms with Gasteiger partial charge in [-0.15, -0.1) is 12.4 Å². The molecule has 2 aromatic rings. The Morgan fingerprint density at radius 2 is 0.547 bits per heavy atom. The second kappa shape index (κ2) is 36.3. The number of unbranched alkanes of at least 4 members (excludes halogenated alkanes) is 27. The summed E-state index contributed by atoms with van der Waals surface area (Å²) in [7, 11) is 0. The predicted octanol–water partition coefficient (Wildman–Crippen LogP) is 17.8. The van der Waals surface area contributed by atoms with Crippen molar-refractivity contribution in [3.8, 4) is 0 Å². The first-order chi connectivity index (χ1) is 25.7. The van der Waals surface area contributed by atoms with Crippen molar-refractivity contribution in [2.45, 2.75) is 251 Å². The molecule has 53 heavy (non-hydrogen) atoms. The summed E-state index contributed by atoms with van der Waals surface area (Å²) < 4.78 is 0. The Balaban J connectivity index is 0.0000140. The lowest BCUT2D eigenvalue weighted by Gasteiger charge is -2.46. The molecular formula is C51H90ClN. The zero-order valence-corrected chi connectivity index (χ0v) is 36.7. The standard InChI is InChI=1S/C51H89N.ClH/c1-4-7-10-13-16-19-22-25-28-37-44-51(45-38-29-26-23-20-17-14-11-8-5-2,46-39-30-27-24-21-18-15-12-9-6-3)52(47-49-40-33-31-34-41-49)48-50-42-35-32-36-43-50;/h31-36,40-43H,4-30,37-39,44-48H2,1-3H3;1H. The van der Waals surface area contributed by atoms with Crippen LogP contribution in [0, 0.1) is 0 Å². The Morgan fingerprint density at radius 1 is 0.321 bits per heavy atom. The molecule has 0 saturated heterocycles. The van der Waals surface area contributed by atoms with Crippen LogP contribution in [0.4, 0.5) is 0 Å². The van der Waals surface area contributed by atoms with E-state index in [1.54, 1.807) is 0 Å². The summed E-state index contributed by atoms with van der Waals surface area (Å²) in [5.74, 6) is 0. The largest absolute Gasteiger partial charge is 0.289 e. The molecular weight excluding hydrogens is 662 g/mol. The monoisotopic (exact) mass is 752 g/mol. The van der Waals surface area contributed by atoms with E-state index >= 15 is 0 Å². The highest BCUT2D eigenvalue weighted by atomic mass is 35.5. The third-order valence-corrected chi connectivity index (χ3v) is 12.1. The maximum Gasteiger partial charge on any atom is 0.0242 e. The van der Waals surface area contributed by atoms with E-state index in [9.17, 15) is 0 Å². The maximum atomic E-state index is 2.99. The number of benzene rings is 2. The van der Waals surface area contributed by atoms with Crippen molar-refractivity contribution in [3.05, 3.63) is 71.8 Å². The van der Waals surface area contributed by atoms with Gasteiger partial charge in [-0.1, -0.05) is 274 Å². The minimum absolute atomic E-state index is 0. The summed E-state index contributed by atoms with van der Waals surface area (Å²) in [5.41, 5.74) is 3.25. The molecule has 0 radical (unpaired) electrons. The molecule has 0 aliphatic heterocycles. The molecule has 0 saturated carbocycles. The fourth-order valence-electron chi connectivity index (χ4n) is 8.67. The van der Waals surface area contributed by atoms with Crippen LogP contribution in [0.3, 0.4) is 0 Å². The molecule has 1 nitrogen and oxygen atoms in total. The molecule has 0 aromatic heterocycles. The summed E-state index contributed by atoms with van der Waals surface area (Å²) in [6.45, 7) is 9.13. The average Bonchev–Trinajstić information content (AvgIpc) is 3.17. The highest BCUT2D eigenvalue weighted by Gasteiger charge is 2.35. The van der Waals surface area contributed by atoms with Crippen molar-refractivity contribution >= 4 is 12.4 Å². The van der Waals surface area contributed by atoms with Gasteiger partial charge in [0.15, 0.2) is 0 Å². The molecule has 0 heterocycles. The van der Waals surface area contributed by atoms with Gasteiger partial charge in [-0.05, 0) is 30.4 Å². The van der Waals surface area contributed by atoms with E-state index in [4.69, 9.17) is 0 Å². The first kappa shape index (κ1) is 49.7. The Hall–Kier alpha value is -1.31. The normalized spacial score (nSPS) is 11.7. The summed E-state index contributed by atoms with van der Waals surface area (Å²) in [6, 6.07) is 22.9. The SMILES string of the molecule is CCCCCCCCCCCCC(CCCCCCCCCCCC)(CCCCCCCCCCCC)N(Cc1ccccc1)Cc1ccccc1.Cl. The fourth-order valence-corrected chi connectivity index (χ4v) is 8.67. The molecule has 0 unspecified atom stereocenters. The van der Waals surface area contributed by atoms with E-state index in [1.807, 2.05) is 0 Å². The van der Waals surface area contributed by atoms with Gasteiger partial charge in [0, 0.05) is 18.6 Å². The van der Waals surface area contributed by atoms with Crippen molar-refractivity contribution in [1.82, 2.24) is 4.90 Å². The van der Waals surface area contributed by atoms with E-state index in [1.165, 1.54) is 223 Å². The second-order valence-corrected chi connectivity index (χ2v) is 16.8. The quantitative estimate of drug-likeness (QED) is 0.0618. The third-order valence-electron chi connectivity index (χ3n) is 12.1. The van der Waals surface area contributed by atoms with Crippen LogP contribution >= 0.6 is 12.4 Å². The molecule has 0 aliphatic rings. The van der Waals surface area contributed by atoms with Gasteiger partial charge in [-0.2, -0.15) is 0 Å². The van der Waals surface area contributed by atoms with E-state index < -0.39 is 0 Å². The molecule has 0 bridgehead atoms. The van der Waals surface area contributed by atoms with Crippen molar-refractivity contribution < 1.29 is 0 Å². The van der Waals surface area contributed by atoms with Crippen LogP contribution in [0.15, 0.2) is 60.7 Å². The molecule has 0 aliphatic carbocycles. The van der Waals surface area contributed by atoms with Crippen molar-refractivity contribution in [2.24, 2.45) is 0 Å². The highest BCUT2D eigenvalue weighted by Crippen LogP contribution is 2.37. The molecule has 306 valence electrons. The van der Waals surface area contributed by atoms with Crippen LogP contribution in [0.2, 0.25) is 0 Å². The Kier molecular flexibility index (Phi) is 34.1. The number of nitrogens with zero attached hydrogens (tertiary/aromatic N) is 1. The first-order valence-corrected chi connectivity index (χ1v) is 23.6. The van der Waals surface area contributed by atoms with Crippen LogP contribution in [-0.2, 0) is 13.1 Å². The summed E-state index contributed by atoms with van der Waals surface area (Å²) in [4.78, 5) is 2.99. The molecule has 2 aromatic carbocycles. The number of hydrogen-bond donors (Lipinski definition) is 0. The Labute approximate surface area is 339 Å². The fraction of sp³-hybridized carbons (Fsp3) is 0.765. The van der Waals surface area contributed by atoms with Gasteiger partial charge in [-0.25, -0.2) is 0 Å². The summed E-state index contributed by atoms with van der Waals surface area (Å²) in [6.07, 6.45) is 46.8. The van der Waals surface area contributed by atoms with E-state index in [-0.39, 0.29) is 17.9 Å². The third kappa shape index (κ3) is 26.2. The lowest BCUT2D eigenvalue weighted by atomic mass is 9.79. The summed E-state index contributed by atoms with van der Waals surface area (Å²) >= 11 is 0. The van der Waals surface area contributed by atoms with Gasteiger partial charge < -0.3 is 0 Å². The average molecular weight is 753 g/mol. The zero-order valence-electron chi connectivity index (χ0n) is 35.9. The van der Waals surface area contributed by atoms with Crippen molar-refractivity contribution in [3.63, 3.8) is 0 Å². The van der Waals surface area contributed by atoms with Crippen LogP contribution < -0.4 is 0 Å². The molecule has 0 amide bonds. The van der Waals surface area contributed by atoms with Crippen LogP contribution in [0.5, 0.6) is 0 Å². The van der Waals surface area contributed by atoms with Gasteiger partial charge in [0.05, 0.1) is 0 Å². The van der Waals surface area contributed by atoms with Gasteiger partial charge >= 0.3 is 0 Å². The van der Waals surface area contributed by atoms with Gasteiger partial charge in [0.1, 0.15) is 0 Å². The molecule has 2 heteroatoms. The first-order valence-electron chi connectivity index (χ1n) is 23.6. The van der Waals surface area contributed by atoms with E-state index in [0.717, 1.165) is 13.1 Å². The number of halogens is 1. The Morgan fingerprint density at radius 3 is 0.792 bits per heavy atom. The lowest BCUT2D eigenvalue weighted by Crippen LogP contribution is -2.48. The minimum Gasteiger partial charge on any atom is -0.289 e. The van der Waals surface area contributed by atoms with E-state index in [0.29, 0.717) is 0 Å².